The van der Waals surface area contributed by atoms with Crippen molar-refractivity contribution in [3.63, 3.8) is 0 Å². The lowest BCUT2D eigenvalue weighted by Crippen LogP contribution is -2.32. The molecule has 0 bridgehead atoms. The highest BCUT2D eigenvalue weighted by atomic mass is 16.3. The molecule has 2 aromatic rings. The molecular weight excluding hydrogens is 240 g/mol. The van der Waals surface area contributed by atoms with Crippen LogP contribution in [-0.4, -0.2) is 0 Å². The van der Waals surface area contributed by atoms with Gasteiger partial charge in [-0.15, -0.1) is 0 Å². The standard InChI is InChI=1S/C14H10N4O/c1-9-10(7-15)12(17)13(14(19)11(9)8-16)18-5-3-2-4-6-18/h2-6H,17H2,1H3. The molecule has 1 heterocycles. The number of nitrogens with zero attached hydrogens (tertiary/aromatic N) is 3. The second kappa shape index (κ2) is 4.67. The van der Waals surface area contributed by atoms with E-state index in [1.807, 2.05) is 12.1 Å². The van der Waals surface area contributed by atoms with Gasteiger partial charge in [0.1, 0.15) is 11.8 Å². The molecule has 5 heteroatoms. The zero-order chi connectivity index (χ0) is 14.0. The van der Waals surface area contributed by atoms with Crippen molar-refractivity contribution in [2.24, 2.45) is 0 Å². The number of hydrogen-bond acceptors (Lipinski definition) is 4. The number of aromatic nitrogens is 1. The molecule has 2 N–H and O–H groups in total. The highest BCUT2D eigenvalue weighted by molar-refractivity contribution is 5.75. The lowest BCUT2D eigenvalue weighted by atomic mass is 9.99. The minimum absolute atomic E-state index is 0.0443. The predicted octanol–water partition coefficient (Wildman–Crippen LogP) is 0.671. The molecule has 0 aliphatic carbocycles. The van der Waals surface area contributed by atoms with Crippen LogP contribution >= 0.6 is 0 Å². The summed E-state index contributed by atoms with van der Waals surface area (Å²) in [5, 5.41) is 30.5. The molecule has 0 radical (unpaired) electrons. The van der Waals surface area contributed by atoms with Gasteiger partial charge in [0, 0.05) is 12.1 Å². The van der Waals surface area contributed by atoms with Crippen molar-refractivity contribution in [2.45, 2.75) is 6.92 Å². The van der Waals surface area contributed by atoms with Crippen LogP contribution in [0.15, 0.2) is 30.6 Å². The molecule has 0 fully saturated rings. The maximum Gasteiger partial charge on any atom is 0.228 e. The Bertz CT molecular complexity index is 683. The Morgan fingerprint density at radius 2 is 1.68 bits per heavy atom. The van der Waals surface area contributed by atoms with Crippen LogP contribution in [0.4, 0.5) is 5.69 Å². The fourth-order valence-electron chi connectivity index (χ4n) is 1.94. The fraction of sp³-hybridized carbons (Fsp3) is 0.0714. The second-order valence-corrected chi connectivity index (χ2v) is 3.97. The van der Waals surface area contributed by atoms with Gasteiger partial charge in [-0.2, -0.15) is 15.1 Å². The summed E-state index contributed by atoms with van der Waals surface area (Å²) in [5.74, 6) is -0.465. The summed E-state index contributed by atoms with van der Waals surface area (Å²) in [6, 6.07) is 9.05. The number of rotatable bonds is 1. The average Bonchev–Trinajstić information content (AvgIpc) is 2.41. The first-order valence-electron chi connectivity index (χ1n) is 5.51. The molecule has 5 nitrogen and oxygen atoms in total. The van der Waals surface area contributed by atoms with Gasteiger partial charge >= 0.3 is 0 Å². The van der Waals surface area contributed by atoms with Crippen LogP contribution in [0.2, 0.25) is 0 Å². The molecule has 1 aromatic carbocycles. The number of nitriles is 2. The summed E-state index contributed by atoms with van der Waals surface area (Å²) in [6.45, 7) is 1.55. The Hall–Kier alpha value is -3.05. The van der Waals surface area contributed by atoms with Gasteiger partial charge in [0.2, 0.25) is 5.69 Å². The van der Waals surface area contributed by atoms with Crippen molar-refractivity contribution in [3.05, 3.63) is 47.3 Å². The maximum absolute atomic E-state index is 12.3. The summed E-state index contributed by atoms with van der Waals surface area (Å²) < 4.78 is 1.51. The largest absolute Gasteiger partial charge is 0.867 e. The van der Waals surface area contributed by atoms with Crippen LogP contribution in [0.25, 0.3) is 5.69 Å². The Balaban J connectivity index is 2.91. The van der Waals surface area contributed by atoms with Gasteiger partial charge in [0.05, 0.1) is 17.2 Å². The van der Waals surface area contributed by atoms with Crippen LogP contribution in [0, 0.1) is 29.6 Å². The van der Waals surface area contributed by atoms with Gasteiger partial charge < -0.3 is 10.8 Å². The van der Waals surface area contributed by atoms with E-state index in [4.69, 9.17) is 16.3 Å². The topological polar surface area (TPSA) is 101 Å². The highest BCUT2D eigenvalue weighted by Gasteiger charge is 2.21. The number of benzene rings is 1. The fourth-order valence-corrected chi connectivity index (χ4v) is 1.94. The third-order valence-corrected chi connectivity index (χ3v) is 2.91. The zero-order valence-electron chi connectivity index (χ0n) is 10.2. The lowest BCUT2D eigenvalue weighted by Gasteiger charge is -2.16. The highest BCUT2D eigenvalue weighted by Crippen LogP contribution is 2.32. The van der Waals surface area contributed by atoms with Crippen molar-refractivity contribution in [1.29, 1.82) is 10.5 Å². The molecule has 19 heavy (non-hydrogen) atoms. The molecule has 0 saturated heterocycles. The first kappa shape index (κ1) is 12.4. The van der Waals surface area contributed by atoms with Gasteiger partial charge in [-0.25, -0.2) is 0 Å². The first-order valence-corrected chi connectivity index (χ1v) is 5.51. The number of pyridine rings is 1. The van der Waals surface area contributed by atoms with E-state index in [0.29, 0.717) is 5.56 Å². The minimum Gasteiger partial charge on any atom is -0.867 e. The van der Waals surface area contributed by atoms with Gasteiger partial charge in [0.15, 0.2) is 12.4 Å². The second-order valence-electron chi connectivity index (χ2n) is 3.97. The monoisotopic (exact) mass is 250 g/mol. The molecule has 0 aliphatic rings. The summed E-state index contributed by atoms with van der Waals surface area (Å²) in [5.41, 5.74) is 6.59. The SMILES string of the molecule is Cc1c(C#N)c(N)c(-[n+]2ccccc2)c([O-])c1C#N. The summed E-state index contributed by atoms with van der Waals surface area (Å²) in [7, 11) is 0. The van der Waals surface area contributed by atoms with E-state index in [1.165, 1.54) is 4.57 Å². The van der Waals surface area contributed by atoms with E-state index >= 15 is 0 Å². The van der Waals surface area contributed by atoms with Crippen molar-refractivity contribution in [3.8, 4) is 23.6 Å². The molecule has 0 saturated carbocycles. The average molecular weight is 250 g/mol. The third-order valence-electron chi connectivity index (χ3n) is 2.91. The third kappa shape index (κ3) is 1.84. The van der Waals surface area contributed by atoms with E-state index in [9.17, 15) is 5.11 Å². The minimum atomic E-state index is -0.465. The molecule has 0 unspecified atom stereocenters. The van der Waals surface area contributed by atoms with E-state index in [1.54, 1.807) is 37.5 Å². The van der Waals surface area contributed by atoms with Crippen molar-refractivity contribution in [1.82, 2.24) is 0 Å². The van der Waals surface area contributed by atoms with Crippen LogP contribution in [0.3, 0.4) is 0 Å². The molecule has 2 rings (SSSR count). The van der Waals surface area contributed by atoms with Crippen molar-refractivity contribution >= 4 is 5.69 Å². The summed E-state index contributed by atoms with van der Waals surface area (Å²) in [6.07, 6.45) is 3.29. The number of nitrogen functional groups attached to an aromatic ring is 1. The van der Waals surface area contributed by atoms with Crippen molar-refractivity contribution in [2.75, 3.05) is 5.73 Å². The molecule has 0 aliphatic heterocycles. The van der Waals surface area contributed by atoms with Crippen molar-refractivity contribution < 1.29 is 9.67 Å². The summed E-state index contributed by atoms with van der Waals surface area (Å²) >= 11 is 0. The van der Waals surface area contributed by atoms with Crippen LogP contribution < -0.4 is 15.4 Å². The van der Waals surface area contributed by atoms with Gasteiger partial charge in [-0.05, 0) is 18.2 Å². The number of nitrogens with two attached hydrogens (primary N) is 1. The Kier molecular flexibility index (Phi) is 3.05. The molecule has 92 valence electrons. The van der Waals surface area contributed by atoms with Gasteiger partial charge in [-0.3, -0.25) is 0 Å². The Morgan fingerprint density at radius 3 is 2.21 bits per heavy atom. The zero-order valence-corrected chi connectivity index (χ0v) is 10.2. The van der Waals surface area contributed by atoms with E-state index in [0.717, 1.165) is 0 Å². The van der Waals surface area contributed by atoms with E-state index in [-0.39, 0.29) is 22.5 Å². The van der Waals surface area contributed by atoms with E-state index < -0.39 is 5.75 Å². The molecule has 0 amide bonds. The van der Waals surface area contributed by atoms with E-state index in [2.05, 4.69) is 0 Å². The van der Waals surface area contributed by atoms with Crippen LogP contribution in [0.5, 0.6) is 5.75 Å². The molecular formula is C14H10N4O. The molecule has 0 atom stereocenters. The van der Waals surface area contributed by atoms with Gasteiger partial charge in [-0.1, -0.05) is 6.07 Å². The number of hydrogen-bond donors (Lipinski definition) is 1. The Labute approximate surface area is 110 Å². The number of anilines is 1. The lowest BCUT2D eigenvalue weighted by molar-refractivity contribution is -0.599. The van der Waals surface area contributed by atoms with Crippen LogP contribution in [-0.2, 0) is 0 Å². The quantitative estimate of drug-likeness (QED) is 0.593. The van der Waals surface area contributed by atoms with Crippen LogP contribution in [0.1, 0.15) is 16.7 Å². The first-order chi connectivity index (χ1) is 9.11. The van der Waals surface area contributed by atoms with Gasteiger partial charge in [0.25, 0.3) is 0 Å². The molecule has 0 spiro atoms. The normalized spacial score (nSPS) is 9.63. The summed E-state index contributed by atoms with van der Waals surface area (Å²) in [4.78, 5) is 0. The smallest absolute Gasteiger partial charge is 0.228 e. The maximum atomic E-state index is 12.3. The Morgan fingerprint density at radius 1 is 1.11 bits per heavy atom. The predicted molar refractivity (Wildman–Crippen MR) is 66.0 cm³/mol. The molecule has 1 aromatic heterocycles.